The Morgan fingerprint density at radius 1 is 1.32 bits per heavy atom. The van der Waals surface area contributed by atoms with E-state index in [2.05, 4.69) is 10.3 Å². The van der Waals surface area contributed by atoms with Crippen LogP contribution < -0.4 is 11.0 Å². The minimum Gasteiger partial charge on any atom is -0.382 e. The zero-order valence-corrected chi connectivity index (χ0v) is 12.2. The molecule has 1 rings (SSSR count). The van der Waals surface area contributed by atoms with Gasteiger partial charge in [0.05, 0.1) is 0 Å². The molecule has 1 aromatic rings. The van der Waals surface area contributed by atoms with Gasteiger partial charge in [0.25, 0.3) is 0 Å². The van der Waals surface area contributed by atoms with Gasteiger partial charge in [-0.05, 0) is 46.2 Å². The van der Waals surface area contributed by atoms with E-state index in [-0.39, 0.29) is 5.69 Å². The molecule has 0 spiro atoms. The number of nitrogens with zero attached hydrogens (tertiary/aromatic N) is 2. The first-order valence-electron chi connectivity index (χ1n) is 6.98. The molecule has 0 saturated carbocycles. The van der Waals surface area contributed by atoms with Gasteiger partial charge in [0.2, 0.25) is 0 Å². The van der Waals surface area contributed by atoms with Crippen molar-refractivity contribution in [1.29, 1.82) is 0 Å². The summed E-state index contributed by atoms with van der Waals surface area (Å²) in [5.41, 5.74) is 1.59. The summed E-state index contributed by atoms with van der Waals surface area (Å²) in [7, 11) is 0. The van der Waals surface area contributed by atoms with E-state index >= 15 is 0 Å². The Morgan fingerprint density at radius 2 is 2.11 bits per heavy atom. The zero-order chi connectivity index (χ0) is 14.1. The lowest BCUT2D eigenvalue weighted by Gasteiger charge is -2.10. The highest BCUT2D eigenvalue weighted by Crippen LogP contribution is 1.96. The summed E-state index contributed by atoms with van der Waals surface area (Å²) >= 11 is 0. The lowest BCUT2D eigenvalue weighted by Crippen LogP contribution is -2.30. The van der Waals surface area contributed by atoms with Gasteiger partial charge in [-0.15, -0.1) is 0 Å². The fourth-order valence-corrected chi connectivity index (χ4v) is 1.96. The third-order valence-electron chi connectivity index (χ3n) is 2.95. The summed E-state index contributed by atoms with van der Waals surface area (Å²) in [6, 6.07) is 1.93. The van der Waals surface area contributed by atoms with E-state index in [4.69, 9.17) is 4.74 Å². The van der Waals surface area contributed by atoms with Gasteiger partial charge in [-0.25, -0.2) is 4.79 Å². The smallest absolute Gasteiger partial charge is 0.347 e. The first-order chi connectivity index (χ1) is 9.15. The van der Waals surface area contributed by atoms with E-state index in [0.29, 0.717) is 6.54 Å². The second-order valence-electron chi connectivity index (χ2n) is 4.63. The molecule has 5 nitrogen and oxygen atoms in total. The maximum atomic E-state index is 11.7. The van der Waals surface area contributed by atoms with Gasteiger partial charge in [-0.1, -0.05) is 0 Å². The van der Waals surface area contributed by atoms with E-state index < -0.39 is 0 Å². The number of hydrogen-bond acceptors (Lipinski definition) is 4. The van der Waals surface area contributed by atoms with E-state index in [9.17, 15) is 4.79 Å². The van der Waals surface area contributed by atoms with Crippen LogP contribution in [0.2, 0.25) is 0 Å². The molecule has 0 atom stereocenters. The Bertz CT molecular complexity index is 429. The zero-order valence-electron chi connectivity index (χ0n) is 12.2. The molecule has 0 aliphatic rings. The third-order valence-corrected chi connectivity index (χ3v) is 2.95. The van der Waals surface area contributed by atoms with Crippen LogP contribution in [0, 0.1) is 13.8 Å². The van der Waals surface area contributed by atoms with E-state index in [0.717, 1.165) is 50.5 Å². The normalized spacial score (nSPS) is 10.9. The van der Waals surface area contributed by atoms with Crippen molar-refractivity contribution in [2.24, 2.45) is 0 Å². The molecule has 19 heavy (non-hydrogen) atoms. The standard InChI is InChI=1S/C14H25N3O2/c1-4-19-10-6-5-7-15-8-9-17-13(3)11-12(2)16-14(17)18/h11,15H,4-10H2,1-3H3. The summed E-state index contributed by atoms with van der Waals surface area (Å²) in [6.45, 7) is 9.83. The van der Waals surface area contributed by atoms with Crippen LogP contribution in [0.25, 0.3) is 0 Å². The van der Waals surface area contributed by atoms with Crippen LogP contribution in [0.4, 0.5) is 0 Å². The fourth-order valence-electron chi connectivity index (χ4n) is 1.96. The summed E-state index contributed by atoms with van der Waals surface area (Å²) in [6.07, 6.45) is 2.17. The average Bonchev–Trinajstić information content (AvgIpc) is 2.35. The molecule has 0 amide bonds. The number of aromatic nitrogens is 2. The molecule has 0 bridgehead atoms. The summed E-state index contributed by atoms with van der Waals surface area (Å²) in [5.74, 6) is 0. The van der Waals surface area contributed by atoms with Crippen molar-refractivity contribution in [1.82, 2.24) is 14.9 Å². The molecule has 0 aliphatic heterocycles. The monoisotopic (exact) mass is 267 g/mol. The van der Waals surface area contributed by atoms with E-state index in [1.54, 1.807) is 4.57 Å². The third kappa shape index (κ3) is 5.98. The van der Waals surface area contributed by atoms with Gasteiger partial charge in [0, 0.05) is 37.7 Å². The molecular formula is C14H25N3O2. The number of unbranched alkanes of at least 4 members (excludes halogenated alkanes) is 1. The Hall–Kier alpha value is -1.20. The molecule has 5 heteroatoms. The number of aryl methyl sites for hydroxylation is 2. The quantitative estimate of drug-likeness (QED) is 0.685. The van der Waals surface area contributed by atoms with E-state index in [1.165, 1.54) is 0 Å². The van der Waals surface area contributed by atoms with Gasteiger partial charge in [0.1, 0.15) is 0 Å². The highest BCUT2D eigenvalue weighted by Gasteiger charge is 2.01. The van der Waals surface area contributed by atoms with Gasteiger partial charge in [0.15, 0.2) is 0 Å². The Labute approximate surface area is 115 Å². The Morgan fingerprint density at radius 3 is 2.79 bits per heavy atom. The van der Waals surface area contributed by atoms with Gasteiger partial charge in [-0.2, -0.15) is 4.98 Å². The van der Waals surface area contributed by atoms with Crippen LogP contribution in [-0.4, -0.2) is 35.9 Å². The van der Waals surface area contributed by atoms with Crippen molar-refractivity contribution < 1.29 is 4.74 Å². The van der Waals surface area contributed by atoms with Crippen LogP contribution in [0.15, 0.2) is 10.9 Å². The largest absolute Gasteiger partial charge is 0.382 e. The second-order valence-corrected chi connectivity index (χ2v) is 4.63. The summed E-state index contributed by atoms with van der Waals surface area (Å²) < 4.78 is 6.98. The predicted octanol–water partition coefficient (Wildman–Crippen LogP) is 1.27. The highest BCUT2D eigenvalue weighted by molar-refractivity contribution is 5.06. The van der Waals surface area contributed by atoms with Crippen LogP contribution in [0.1, 0.15) is 31.2 Å². The van der Waals surface area contributed by atoms with Crippen molar-refractivity contribution in [2.45, 2.75) is 40.2 Å². The number of hydrogen-bond donors (Lipinski definition) is 1. The van der Waals surface area contributed by atoms with Gasteiger partial charge < -0.3 is 10.1 Å². The minimum atomic E-state index is -0.157. The van der Waals surface area contributed by atoms with Crippen molar-refractivity contribution in [2.75, 3.05) is 26.3 Å². The summed E-state index contributed by atoms with van der Waals surface area (Å²) in [4.78, 5) is 15.7. The first kappa shape index (κ1) is 15.9. The SMILES string of the molecule is CCOCCCCNCCn1c(C)cc(C)nc1=O. The number of nitrogens with one attached hydrogen (secondary N) is 1. The molecule has 1 aromatic heterocycles. The molecule has 0 aliphatic carbocycles. The van der Waals surface area contributed by atoms with Gasteiger partial charge >= 0.3 is 5.69 Å². The van der Waals surface area contributed by atoms with Crippen molar-refractivity contribution in [3.63, 3.8) is 0 Å². The highest BCUT2D eigenvalue weighted by atomic mass is 16.5. The Kier molecular flexibility index (Phi) is 7.36. The molecule has 0 aromatic carbocycles. The molecule has 0 fully saturated rings. The van der Waals surface area contributed by atoms with Crippen LogP contribution in [0.3, 0.4) is 0 Å². The number of rotatable bonds is 9. The molecule has 1 N–H and O–H groups in total. The average molecular weight is 267 g/mol. The molecular weight excluding hydrogens is 242 g/mol. The predicted molar refractivity (Wildman–Crippen MR) is 76.6 cm³/mol. The molecule has 0 saturated heterocycles. The maximum absolute atomic E-state index is 11.7. The molecule has 1 heterocycles. The first-order valence-corrected chi connectivity index (χ1v) is 6.98. The fraction of sp³-hybridized carbons (Fsp3) is 0.714. The molecule has 0 unspecified atom stereocenters. The molecule has 0 radical (unpaired) electrons. The van der Waals surface area contributed by atoms with Crippen LogP contribution in [0.5, 0.6) is 0 Å². The molecule has 108 valence electrons. The van der Waals surface area contributed by atoms with Crippen LogP contribution in [-0.2, 0) is 11.3 Å². The Balaban J connectivity index is 2.21. The minimum absolute atomic E-state index is 0.157. The second kappa shape index (κ2) is 8.82. The van der Waals surface area contributed by atoms with Crippen molar-refractivity contribution in [3.05, 3.63) is 27.9 Å². The lowest BCUT2D eigenvalue weighted by atomic mass is 10.3. The van der Waals surface area contributed by atoms with Crippen LogP contribution >= 0.6 is 0 Å². The van der Waals surface area contributed by atoms with Crippen molar-refractivity contribution >= 4 is 0 Å². The summed E-state index contributed by atoms with van der Waals surface area (Å²) in [5, 5.41) is 3.34. The topological polar surface area (TPSA) is 56.1 Å². The number of ether oxygens (including phenoxy) is 1. The van der Waals surface area contributed by atoms with E-state index in [1.807, 2.05) is 26.8 Å². The van der Waals surface area contributed by atoms with Crippen molar-refractivity contribution in [3.8, 4) is 0 Å². The maximum Gasteiger partial charge on any atom is 0.347 e. The lowest BCUT2D eigenvalue weighted by molar-refractivity contribution is 0.143. The van der Waals surface area contributed by atoms with Gasteiger partial charge in [-0.3, -0.25) is 4.57 Å².